The topological polar surface area (TPSA) is 96.0 Å². The first kappa shape index (κ1) is 24.9. The molecule has 0 radical (unpaired) electrons. The van der Waals surface area contributed by atoms with E-state index in [1.54, 1.807) is 48.7 Å². The monoisotopic (exact) mass is 541 g/mol. The minimum Gasteiger partial charge on any atom is -0.495 e. The van der Waals surface area contributed by atoms with Crippen LogP contribution in [0.1, 0.15) is 34.5 Å². The van der Waals surface area contributed by atoms with E-state index in [1.165, 1.54) is 14.0 Å². The molecule has 3 heterocycles. The van der Waals surface area contributed by atoms with Gasteiger partial charge >= 0.3 is 0 Å². The van der Waals surface area contributed by atoms with Crippen LogP contribution >= 0.6 is 11.6 Å². The molecule has 3 aromatic rings. The van der Waals surface area contributed by atoms with Gasteiger partial charge in [0.2, 0.25) is 17.7 Å². The van der Waals surface area contributed by atoms with Crippen molar-refractivity contribution >= 4 is 52.6 Å². The average molecular weight is 542 g/mol. The highest BCUT2D eigenvalue weighted by Crippen LogP contribution is 2.53. The molecule has 2 saturated heterocycles. The number of ketones is 1. The van der Waals surface area contributed by atoms with E-state index in [9.17, 15) is 19.2 Å². The lowest BCUT2D eigenvalue weighted by molar-refractivity contribution is -0.128. The Balaban J connectivity index is 1.43. The van der Waals surface area contributed by atoms with Crippen LogP contribution in [0.4, 0.5) is 11.4 Å². The minimum absolute atomic E-state index is 0.119. The number of benzene rings is 3. The van der Waals surface area contributed by atoms with Crippen LogP contribution in [0.3, 0.4) is 0 Å². The molecule has 6 rings (SSSR count). The largest absolute Gasteiger partial charge is 0.495 e. The van der Waals surface area contributed by atoms with Gasteiger partial charge in [0.05, 0.1) is 36.4 Å². The fourth-order valence-electron chi connectivity index (χ4n) is 5.94. The summed E-state index contributed by atoms with van der Waals surface area (Å²) in [7, 11) is 1.49. The van der Waals surface area contributed by atoms with Crippen LogP contribution in [0.25, 0.3) is 6.08 Å². The fraction of sp³-hybridized carbons (Fsp3) is 0.200. The number of anilines is 2. The number of carbonyl (C=O) groups excluding carboxylic acids is 4. The molecule has 196 valence electrons. The second kappa shape index (κ2) is 9.39. The third kappa shape index (κ3) is 3.90. The van der Waals surface area contributed by atoms with E-state index in [1.807, 2.05) is 35.2 Å². The smallest absolute Gasteiger partial charge is 0.248 e. The number of Topliss-reactive ketones (excluding diaryl/α,β-unsaturated/α-hetero) is 1. The fourth-order valence-corrected chi connectivity index (χ4v) is 6.11. The molecular formula is C30H24ClN3O5. The Bertz CT molecular complexity index is 1570. The zero-order chi connectivity index (χ0) is 27.4. The summed E-state index contributed by atoms with van der Waals surface area (Å²) >= 11 is 6.18. The number of nitrogens with one attached hydrogen (secondary N) is 1. The van der Waals surface area contributed by atoms with Gasteiger partial charge in [-0.25, -0.2) is 4.90 Å². The molecule has 0 spiro atoms. The molecule has 3 aliphatic heterocycles. The van der Waals surface area contributed by atoms with Crippen molar-refractivity contribution in [3.8, 4) is 5.75 Å². The Morgan fingerprint density at radius 3 is 2.38 bits per heavy atom. The Morgan fingerprint density at radius 2 is 1.67 bits per heavy atom. The standard InChI is InChI=1S/C30H24ClN3O5/c1-16(35)17-7-10-20(11-8-17)34-29(37)24-25(30(34)38)27(28(36)32-22-15-19(31)9-12-23(22)39-2)33-14-13-18-5-3-4-6-21(18)26(24)33/h3-15,24-27H,1-2H3,(H,32,36)/t24-,25+,26?,27-/m0/s1. The predicted octanol–water partition coefficient (Wildman–Crippen LogP) is 4.71. The van der Waals surface area contributed by atoms with Gasteiger partial charge in [0.1, 0.15) is 11.8 Å². The first-order chi connectivity index (χ1) is 18.8. The van der Waals surface area contributed by atoms with Crippen LogP contribution in [0.2, 0.25) is 5.02 Å². The number of carbonyl (C=O) groups is 4. The van der Waals surface area contributed by atoms with Crippen molar-refractivity contribution in [3.05, 3.63) is 94.6 Å². The van der Waals surface area contributed by atoms with E-state index in [0.717, 1.165) is 16.0 Å². The van der Waals surface area contributed by atoms with Gasteiger partial charge in [0.15, 0.2) is 5.78 Å². The van der Waals surface area contributed by atoms with E-state index >= 15 is 0 Å². The van der Waals surface area contributed by atoms with Gasteiger partial charge in [-0.3, -0.25) is 19.2 Å². The number of imide groups is 1. The maximum Gasteiger partial charge on any atom is 0.248 e. The lowest BCUT2D eigenvalue weighted by Gasteiger charge is -2.35. The molecule has 2 fully saturated rings. The van der Waals surface area contributed by atoms with Gasteiger partial charge in [-0.2, -0.15) is 0 Å². The molecule has 9 heteroatoms. The van der Waals surface area contributed by atoms with E-state index in [0.29, 0.717) is 27.7 Å². The SMILES string of the molecule is COc1ccc(Cl)cc1NC(=O)[C@@H]1[C@@H]2C(=O)N(c3ccc(C(C)=O)cc3)C(=O)[C@@H]2C2c3ccccc3C=CN21. The van der Waals surface area contributed by atoms with Crippen LogP contribution in [0, 0.1) is 11.8 Å². The third-order valence-electron chi connectivity index (χ3n) is 7.68. The lowest BCUT2D eigenvalue weighted by Crippen LogP contribution is -2.46. The maximum atomic E-state index is 14.0. The predicted molar refractivity (Wildman–Crippen MR) is 146 cm³/mol. The van der Waals surface area contributed by atoms with E-state index in [-0.39, 0.29) is 11.7 Å². The zero-order valence-corrected chi connectivity index (χ0v) is 21.9. The molecule has 39 heavy (non-hydrogen) atoms. The van der Waals surface area contributed by atoms with E-state index in [2.05, 4.69) is 5.32 Å². The molecule has 0 bridgehead atoms. The van der Waals surface area contributed by atoms with Crippen molar-refractivity contribution in [1.82, 2.24) is 4.90 Å². The number of ether oxygens (including phenoxy) is 1. The first-order valence-corrected chi connectivity index (χ1v) is 12.9. The number of halogens is 1. The van der Waals surface area contributed by atoms with Crippen LogP contribution in [0.5, 0.6) is 5.75 Å². The van der Waals surface area contributed by atoms with Crippen molar-refractivity contribution < 1.29 is 23.9 Å². The molecule has 3 aliphatic rings. The molecule has 0 saturated carbocycles. The van der Waals surface area contributed by atoms with E-state index < -0.39 is 35.7 Å². The van der Waals surface area contributed by atoms with Gasteiger partial charge in [0, 0.05) is 16.8 Å². The van der Waals surface area contributed by atoms with Crippen molar-refractivity contribution in [2.24, 2.45) is 11.8 Å². The summed E-state index contributed by atoms with van der Waals surface area (Å²) in [6.45, 7) is 1.45. The van der Waals surface area contributed by atoms with Crippen LogP contribution in [-0.2, 0) is 14.4 Å². The molecule has 0 aromatic heterocycles. The number of amides is 3. The molecule has 3 amide bonds. The molecule has 4 atom stereocenters. The summed E-state index contributed by atoms with van der Waals surface area (Å²) in [6.07, 6.45) is 3.68. The van der Waals surface area contributed by atoms with Gasteiger partial charge in [-0.05, 0) is 66.6 Å². The zero-order valence-electron chi connectivity index (χ0n) is 21.1. The van der Waals surface area contributed by atoms with Gasteiger partial charge < -0.3 is 15.0 Å². The van der Waals surface area contributed by atoms with Crippen LogP contribution in [-0.4, -0.2) is 41.6 Å². The lowest BCUT2D eigenvalue weighted by atomic mass is 9.84. The molecule has 3 aromatic carbocycles. The van der Waals surface area contributed by atoms with Crippen molar-refractivity contribution in [2.75, 3.05) is 17.3 Å². The first-order valence-electron chi connectivity index (χ1n) is 12.5. The van der Waals surface area contributed by atoms with Gasteiger partial charge in [0.25, 0.3) is 0 Å². The normalized spacial score (nSPS) is 22.8. The van der Waals surface area contributed by atoms with Crippen molar-refractivity contribution in [2.45, 2.75) is 19.0 Å². The highest BCUT2D eigenvalue weighted by Gasteiger charge is 2.64. The second-order valence-electron chi connectivity index (χ2n) is 9.78. The second-order valence-corrected chi connectivity index (χ2v) is 10.2. The van der Waals surface area contributed by atoms with Crippen LogP contribution < -0.4 is 15.0 Å². The summed E-state index contributed by atoms with van der Waals surface area (Å²) in [5, 5.41) is 3.29. The summed E-state index contributed by atoms with van der Waals surface area (Å²) in [5.74, 6) is -2.71. The van der Waals surface area contributed by atoms with Gasteiger partial charge in [-0.15, -0.1) is 0 Å². The summed E-state index contributed by atoms with van der Waals surface area (Å²) in [4.78, 5) is 56.6. The Kier molecular flexibility index (Phi) is 5.99. The summed E-state index contributed by atoms with van der Waals surface area (Å²) < 4.78 is 5.39. The molecule has 1 N–H and O–H groups in total. The number of hydrogen-bond acceptors (Lipinski definition) is 6. The Hall–Kier alpha value is -4.43. The quantitative estimate of drug-likeness (QED) is 0.371. The number of hydrogen-bond donors (Lipinski definition) is 1. The molecule has 8 nitrogen and oxygen atoms in total. The number of nitrogens with zero attached hydrogens (tertiary/aromatic N) is 2. The van der Waals surface area contributed by atoms with Crippen molar-refractivity contribution in [3.63, 3.8) is 0 Å². The summed E-state index contributed by atoms with van der Waals surface area (Å²) in [6, 6.07) is 17.4. The average Bonchev–Trinajstić information content (AvgIpc) is 3.41. The van der Waals surface area contributed by atoms with E-state index in [4.69, 9.17) is 16.3 Å². The molecule has 0 aliphatic carbocycles. The van der Waals surface area contributed by atoms with Crippen molar-refractivity contribution in [1.29, 1.82) is 0 Å². The summed E-state index contributed by atoms with van der Waals surface area (Å²) in [5.41, 5.74) is 3.01. The maximum absolute atomic E-state index is 14.0. The number of fused-ring (bicyclic) bond motifs is 5. The van der Waals surface area contributed by atoms with Gasteiger partial charge in [-0.1, -0.05) is 35.9 Å². The third-order valence-corrected chi connectivity index (χ3v) is 7.92. The highest BCUT2D eigenvalue weighted by molar-refractivity contribution is 6.31. The minimum atomic E-state index is -0.966. The Labute approximate surface area is 229 Å². The number of methoxy groups -OCH3 is 1. The number of rotatable bonds is 5. The Morgan fingerprint density at radius 1 is 0.949 bits per heavy atom. The highest BCUT2D eigenvalue weighted by atomic mass is 35.5. The van der Waals surface area contributed by atoms with Crippen LogP contribution in [0.15, 0.2) is 72.9 Å². The molecular weight excluding hydrogens is 518 g/mol. The molecule has 1 unspecified atom stereocenters.